The minimum Gasteiger partial charge on any atom is -0.166 e. The molecule has 0 heterocycles. The average Bonchev–Trinajstić information content (AvgIpc) is 2.26. The average molecular weight is 323 g/mol. The smallest absolute Gasteiger partial charge is 0.166 e. The van der Waals surface area contributed by atoms with Crippen LogP contribution in [0.5, 0.6) is 0 Å². The highest BCUT2D eigenvalue weighted by atomic mass is 79.9. The van der Waals surface area contributed by atoms with Crippen molar-refractivity contribution in [1.82, 2.24) is 0 Å². The van der Waals surface area contributed by atoms with E-state index in [1.54, 1.807) is 13.0 Å². The third-order valence-corrected chi connectivity index (χ3v) is 3.91. The fourth-order valence-corrected chi connectivity index (χ4v) is 2.61. The lowest BCUT2D eigenvalue weighted by Gasteiger charge is -2.12. The Morgan fingerprint density at radius 3 is 2.39 bits per heavy atom. The summed E-state index contributed by atoms with van der Waals surface area (Å²) in [5, 5.41) is 0. The molecule has 0 saturated carbocycles. The summed E-state index contributed by atoms with van der Waals surface area (Å²) in [5.41, 5.74) is 1.16. The Bertz CT molecular complexity index is 385. The summed E-state index contributed by atoms with van der Waals surface area (Å²) in [6.45, 7) is 3.87. The molecule has 0 aliphatic carbocycles. The standard InChI is InChI=1S/C14H18BrF3/c1-3-4-13(15)8-6-11-5-7-12(9-10(11)2)14(16,17)18/h5,7,9,13H,3-4,6,8H2,1-2H3. The van der Waals surface area contributed by atoms with Crippen LogP contribution in [0.2, 0.25) is 0 Å². The number of alkyl halides is 4. The van der Waals surface area contributed by atoms with Gasteiger partial charge in [0.15, 0.2) is 0 Å². The van der Waals surface area contributed by atoms with Gasteiger partial charge < -0.3 is 0 Å². The van der Waals surface area contributed by atoms with Crippen LogP contribution in [0.4, 0.5) is 13.2 Å². The molecule has 0 fully saturated rings. The third kappa shape index (κ3) is 4.63. The van der Waals surface area contributed by atoms with Gasteiger partial charge in [0.2, 0.25) is 0 Å². The van der Waals surface area contributed by atoms with Crippen LogP contribution >= 0.6 is 15.9 Å². The molecule has 0 amide bonds. The molecule has 0 aliphatic heterocycles. The van der Waals surface area contributed by atoms with Crippen LogP contribution < -0.4 is 0 Å². The van der Waals surface area contributed by atoms with E-state index >= 15 is 0 Å². The predicted molar refractivity (Wildman–Crippen MR) is 72.1 cm³/mol. The first kappa shape index (κ1) is 15.5. The van der Waals surface area contributed by atoms with Crippen molar-refractivity contribution in [2.24, 2.45) is 0 Å². The zero-order valence-corrected chi connectivity index (χ0v) is 12.2. The molecular formula is C14H18BrF3. The maximum absolute atomic E-state index is 12.5. The van der Waals surface area contributed by atoms with E-state index in [1.165, 1.54) is 12.1 Å². The number of rotatable bonds is 5. The molecule has 102 valence electrons. The van der Waals surface area contributed by atoms with Crippen molar-refractivity contribution in [2.75, 3.05) is 0 Å². The van der Waals surface area contributed by atoms with Crippen molar-refractivity contribution in [3.8, 4) is 0 Å². The molecule has 4 heteroatoms. The molecule has 0 aliphatic rings. The van der Waals surface area contributed by atoms with Crippen LogP contribution in [0.15, 0.2) is 18.2 Å². The van der Waals surface area contributed by atoms with Gasteiger partial charge in [0, 0.05) is 4.83 Å². The van der Waals surface area contributed by atoms with E-state index in [0.29, 0.717) is 4.83 Å². The summed E-state index contributed by atoms with van der Waals surface area (Å²) in [7, 11) is 0. The summed E-state index contributed by atoms with van der Waals surface area (Å²) in [6.07, 6.45) is -0.259. The number of halogens is 4. The van der Waals surface area contributed by atoms with Crippen LogP contribution in [0, 0.1) is 6.92 Å². The van der Waals surface area contributed by atoms with Gasteiger partial charge in [0.25, 0.3) is 0 Å². The second-order valence-corrected chi connectivity index (χ2v) is 5.86. The Hall–Kier alpha value is -0.510. The van der Waals surface area contributed by atoms with Crippen molar-refractivity contribution in [3.63, 3.8) is 0 Å². The molecule has 0 bridgehead atoms. The Labute approximate surface area is 115 Å². The Morgan fingerprint density at radius 2 is 1.89 bits per heavy atom. The van der Waals surface area contributed by atoms with Gasteiger partial charge in [-0.15, -0.1) is 0 Å². The first-order valence-electron chi connectivity index (χ1n) is 6.15. The lowest BCUT2D eigenvalue weighted by molar-refractivity contribution is -0.137. The highest BCUT2D eigenvalue weighted by Gasteiger charge is 2.30. The normalized spacial score (nSPS) is 13.7. The molecule has 1 atom stereocenters. The Morgan fingerprint density at radius 1 is 1.22 bits per heavy atom. The van der Waals surface area contributed by atoms with E-state index in [-0.39, 0.29) is 0 Å². The highest BCUT2D eigenvalue weighted by Crippen LogP contribution is 2.30. The fourth-order valence-electron chi connectivity index (χ4n) is 1.92. The molecule has 0 saturated heterocycles. The van der Waals surface area contributed by atoms with E-state index in [1.807, 2.05) is 0 Å². The van der Waals surface area contributed by atoms with E-state index < -0.39 is 11.7 Å². The molecule has 0 spiro atoms. The number of hydrogen-bond acceptors (Lipinski definition) is 0. The van der Waals surface area contributed by atoms with E-state index in [0.717, 1.165) is 36.8 Å². The number of hydrogen-bond donors (Lipinski definition) is 0. The van der Waals surface area contributed by atoms with Crippen molar-refractivity contribution in [1.29, 1.82) is 0 Å². The quantitative estimate of drug-likeness (QED) is 0.627. The van der Waals surface area contributed by atoms with E-state index in [9.17, 15) is 13.2 Å². The second kappa shape index (κ2) is 6.60. The Balaban J connectivity index is 2.69. The van der Waals surface area contributed by atoms with Crippen LogP contribution in [-0.2, 0) is 12.6 Å². The molecule has 1 aromatic carbocycles. The van der Waals surface area contributed by atoms with Gasteiger partial charge in [0.1, 0.15) is 0 Å². The molecule has 1 aromatic rings. The minimum atomic E-state index is -4.25. The molecule has 18 heavy (non-hydrogen) atoms. The van der Waals surface area contributed by atoms with Crippen LogP contribution in [-0.4, -0.2) is 4.83 Å². The number of aryl methyl sites for hydroxylation is 2. The van der Waals surface area contributed by atoms with Gasteiger partial charge >= 0.3 is 6.18 Å². The first-order valence-corrected chi connectivity index (χ1v) is 7.07. The fraction of sp³-hybridized carbons (Fsp3) is 0.571. The lowest BCUT2D eigenvalue weighted by atomic mass is 9.99. The van der Waals surface area contributed by atoms with Gasteiger partial charge in [-0.3, -0.25) is 0 Å². The summed E-state index contributed by atoms with van der Waals surface area (Å²) >= 11 is 3.59. The van der Waals surface area contributed by atoms with Gasteiger partial charge in [-0.05, 0) is 49.4 Å². The van der Waals surface area contributed by atoms with E-state index in [2.05, 4.69) is 22.9 Å². The third-order valence-electron chi connectivity index (χ3n) is 3.00. The SMILES string of the molecule is CCCC(Br)CCc1ccc(C(F)(F)F)cc1C. The molecule has 0 nitrogen and oxygen atoms in total. The summed E-state index contributed by atoms with van der Waals surface area (Å²) in [6, 6.07) is 4.01. The highest BCUT2D eigenvalue weighted by molar-refractivity contribution is 9.09. The zero-order chi connectivity index (χ0) is 13.8. The topological polar surface area (TPSA) is 0 Å². The molecule has 0 N–H and O–H groups in total. The largest absolute Gasteiger partial charge is 0.416 e. The van der Waals surface area contributed by atoms with Crippen LogP contribution in [0.1, 0.15) is 42.9 Å². The summed E-state index contributed by atoms with van der Waals surface area (Å²) < 4.78 is 37.5. The first-order chi connectivity index (χ1) is 8.34. The molecule has 0 aromatic heterocycles. The summed E-state index contributed by atoms with van der Waals surface area (Å²) in [5.74, 6) is 0. The predicted octanol–water partition coefficient (Wildman–Crippen LogP) is 5.51. The maximum Gasteiger partial charge on any atom is 0.416 e. The summed E-state index contributed by atoms with van der Waals surface area (Å²) in [4.78, 5) is 0.448. The van der Waals surface area contributed by atoms with Gasteiger partial charge in [-0.25, -0.2) is 0 Å². The minimum absolute atomic E-state index is 0.448. The van der Waals surface area contributed by atoms with Crippen LogP contribution in [0.3, 0.4) is 0 Å². The maximum atomic E-state index is 12.5. The van der Waals surface area contributed by atoms with Gasteiger partial charge in [0.05, 0.1) is 5.56 Å². The Kier molecular flexibility index (Phi) is 5.70. The van der Waals surface area contributed by atoms with E-state index in [4.69, 9.17) is 0 Å². The molecule has 1 unspecified atom stereocenters. The van der Waals surface area contributed by atoms with Crippen molar-refractivity contribution in [3.05, 3.63) is 34.9 Å². The molecular weight excluding hydrogens is 305 g/mol. The van der Waals surface area contributed by atoms with Crippen molar-refractivity contribution >= 4 is 15.9 Å². The monoisotopic (exact) mass is 322 g/mol. The lowest BCUT2D eigenvalue weighted by Crippen LogP contribution is -2.06. The molecule has 1 rings (SSSR count). The van der Waals surface area contributed by atoms with Crippen LogP contribution in [0.25, 0.3) is 0 Å². The number of benzene rings is 1. The van der Waals surface area contributed by atoms with Gasteiger partial charge in [-0.2, -0.15) is 13.2 Å². The van der Waals surface area contributed by atoms with Gasteiger partial charge in [-0.1, -0.05) is 35.3 Å². The van der Waals surface area contributed by atoms with Crippen molar-refractivity contribution < 1.29 is 13.2 Å². The zero-order valence-electron chi connectivity index (χ0n) is 10.6. The second-order valence-electron chi connectivity index (χ2n) is 4.56. The van der Waals surface area contributed by atoms with Crippen molar-refractivity contribution in [2.45, 2.75) is 50.5 Å². The molecule has 0 radical (unpaired) electrons.